The topological polar surface area (TPSA) is 57.3 Å². The van der Waals surface area contributed by atoms with Crippen LogP contribution in [-0.2, 0) is 56.5 Å². The van der Waals surface area contributed by atoms with E-state index in [0.717, 1.165) is 38.9 Å². The number of carbonyl (C=O) groups excluding carboxylic acids is 1. The quantitative estimate of drug-likeness (QED) is 0.256. The minimum atomic E-state index is -0.139. The van der Waals surface area contributed by atoms with E-state index in [1.54, 1.807) is 0 Å². The average Bonchev–Trinajstić information content (AvgIpc) is 3.40. The molecule has 0 aromatic rings. The van der Waals surface area contributed by atoms with E-state index in [0.29, 0.717) is 18.3 Å². The molecule has 5 nitrogen and oxygen atoms in total. The van der Waals surface area contributed by atoms with Crippen LogP contribution < -0.4 is 0 Å². The van der Waals surface area contributed by atoms with E-state index in [9.17, 15) is 4.79 Å². The van der Waals surface area contributed by atoms with Crippen LogP contribution in [0, 0.1) is 17.8 Å². The maximum absolute atomic E-state index is 10.7. The predicted molar refractivity (Wildman–Crippen MR) is 117 cm³/mol. The van der Waals surface area contributed by atoms with Gasteiger partial charge < -0.3 is 23.7 Å². The van der Waals surface area contributed by atoms with Gasteiger partial charge in [-0.3, -0.25) is 6.29 Å². The fraction of sp³-hybridized carbons (Fsp3) is 0.800. The number of hydrogen-bond donors (Lipinski definition) is 0. The molecule has 0 N–H and O–H groups in total. The number of ether oxygens (including phenoxy) is 4. The largest absolute Gasteiger partial charge is 0.542 e. The van der Waals surface area contributed by atoms with Gasteiger partial charge in [0, 0.05) is 44.7 Å². The maximum atomic E-state index is 10.7. The molecule has 31 heavy (non-hydrogen) atoms. The monoisotopic (exact) mass is 508 g/mol. The van der Waals surface area contributed by atoms with E-state index in [4.69, 9.17) is 18.9 Å². The van der Waals surface area contributed by atoms with Crippen LogP contribution in [0.1, 0.15) is 66.7 Å². The molecule has 0 saturated carbocycles. The molecule has 0 bridgehead atoms. The second-order valence-electron chi connectivity index (χ2n) is 9.73. The number of epoxide rings is 1. The molecule has 7 unspecified atom stereocenters. The summed E-state index contributed by atoms with van der Waals surface area (Å²) in [5, 5.41) is 0. The summed E-state index contributed by atoms with van der Waals surface area (Å²) in [5.41, 5.74) is 1.11. The molecule has 0 aromatic carbocycles. The van der Waals surface area contributed by atoms with Gasteiger partial charge in [-0.05, 0) is 56.9 Å². The van der Waals surface area contributed by atoms with Crippen molar-refractivity contribution < 1.29 is 56.5 Å². The van der Waals surface area contributed by atoms with Crippen LogP contribution in [0.25, 0.3) is 0 Å². The SMILES string of the molecule is C/C(=C\C=C\C(C)CC1(C)OC1C(C)C1OCCCO1)C1OC(C[C-]=O)CCC1C.[Y]. The third-order valence-electron chi connectivity index (χ3n) is 6.79. The van der Waals surface area contributed by atoms with Crippen molar-refractivity contribution in [3.05, 3.63) is 23.8 Å². The summed E-state index contributed by atoms with van der Waals surface area (Å²) in [7, 11) is 0. The first kappa shape index (κ1) is 27.3. The fourth-order valence-electron chi connectivity index (χ4n) is 5.04. The van der Waals surface area contributed by atoms with Crippen LogP contribution in [0.4, 0.5) is 0 Å². The molecule has 3 heterocycles. The standard InChI is InChI=1S/C25H39O5.Y/c1-17(16-25(5)23(30-25)20(4)24-27-14-7-15-28-24)8-6-9-18(2)22-19(3)10-11-21(29-22)12-13-26;/h6,8-9,17,19-24H,7,10-12,14-16H2,1-5H3;/q-1;/b8-6+,18-9+;. The smallest absolute Gasteiger partial charge is 0.162 e. The van der Waals surface area contributed by atoms with Gasteiger partial charge in [-0.25, -0.2) is 0 Å². The Morgan fingerprint density at radius 1 is 1.23 bits per heavy atom. The molecule has 0 aliphatic carbocycles. The van der Waals surface area contributed by atoms with Gasteiger partial charge in [-0.2, -0.15) is 0 Å². The first-order valence-electron chi connectivity index (χ1n) is 11.6. The second-order valence-corrected chi connectivity index (χ2v) is 9.73. The van der Waals surface area contributed by atoms with Crippen LogP contribution in [0.3, 0.4) is 0 Å². The molecule has 0 aromatic heterocycles. The molecule has 0 spiro atoms. The molecule has 173 valence electrons. The van der Waals surface area contributed by atoms with Crippen molar-refractivity contribution in [2.24, 2.45) is 17.8 Å². The first-order chi connectivity index (χ1) is 14.3. The van der Waals surface area contributed by atoms with Crippen molar-refractivity contribution in [2.45, 2.75) is 96.9 Å². The summed E-state index contributed by atoms with van der Waals surface area (Å²) in [4.78, 5) is 10.7. The van der Waals surface area contributed by atoms with Crippen molar-refractivity contribution in [2.75, 3.05) is 13.2 Å². The number of allylic oxidation sites excluding steroid dienone is 3. The normalized spacial score (nSPS) is 36.6. The minimum absolute atomic E-state index is 0. The van der Waals surface area contributed by atoms with Crippen LogP contribution in [0.2, 0.25) is 0 Å². The molecule has 3 fully saturated rings. The predicted octanol–water partition coefficient (Wildman–Crippen LogP) is 4.75. The molecule has 0 amide bonds. The Morgan fingerprint density at radius 2 is 1.94 bits per heavy atom. The fourth-order valence-corrected chi connectivity index (χ4v) is 5.04. The summed E-state index contributed by atoms with van der Waals surface area (Å²) < 4.78 is 23.8. The Balaban J connectivity index is 0.00000341. The van der Waals surface area contributed by atoms with E-state index < -0.39 is 0 Å². The van der Waals surface area contributed by atoms with Crippen LogP contribution in [0.15, 0.2) is 23.8 Å². The average molecular weight is 508 g/mol. The third-order valence-corrected chi connectivity index (χ3v) is 6.79. The Kier molecular flexibility index (Phi) is 11.0. The van der Waals surface area contributed by atoms with Crippen molar-refractivity contribution >= 4 is 6.29 Å². The Hall–Kier alpha value is 0.0939. The van der Waals surface area contributed by atoms with Crippen LogP contribution in [0.5, 0.6) is 0 Å². The van der Waals surface area contributed by atoms with E-state index in [2.05, 4.69) is 52.8 Å². The zero-order valence-corrected chi connectivity index (χ0v) is 22.7. The zero-order chi connectivity index (χ0) is 21.7. The van der Waals surface area contributed by atoms with E-state index in [-0.39, 0.29) is 68.8 Å². The Morgan fingerprint density at radius 3 is 2.61 bits per heavy atom. The van der Waals surface area contributed by atoms with E-state index in [1.807, 2.05) is 6.29 Å². The van der Waals surface area contributed by atoms with Gasteiger partial charge in [0.2, 0.25) is 0 Å². The molecule has 7 atom stereocenters. The van der Waals surface area contributed by atoms with Crippen molar-refractivity contribution in [1.82, 2.24) is 0 Å². The van der Waals surface area contributed by atoms with Gasteiger partial charge in [-0.1, -0.05) is 39.0 Å². The molecule has 6 heteroatoms. The molecule has 1 radical (unpaired) electrons. The molecule has 3 rings (SSSR count). The van der Waals surface area contributed by atoms with Gasteiger partial charge in [0.05, 0.1) is 31.0 Å². The first-order valence-corrected chi connectivity index (χ1v) is 11.6. The van der Waals surface area contributed by atoms with Gasteiger partial charge in [0.15, 0.2) is 6.29 Å². The molecule has 3 saturated heterocycles. The summed E-state index contributed by atoms with van der Waals surface area (Å²) >= 11 is 0. The summed E-state index contributed by atoms with van der Waals surface area (Å²) in [5.74, 6) is 1.13. The van der Waals surface area contributed by atoms with Gasteiger partial charge in [0.1, 0.15) is 0 Å². The zero-order valence-electron chi connectivity index (χ0n) is 19.8. The van der Waals surface area contributed by atoms with Crippen molar-refractivity contribution in [3.8, 4) is 0 Å². The van der Waals surface area contributed by atoms with Gasteiger partial charge in [-0.15, -0.1) is 6.42 Å². The van der Waals surface area contributed by atoms with E-state index in [1.165, 1.54) is 5.57 Å². The van der Waals surface area contributed by atoms with Crippen LogP contribution >= 0.6 is 0 Å². The van der Waals surface area contributed by atoms with Crippen molar-refractivity contribution in [1.29, 1.82) is 0 Å². The molecular formula is C25H39O5Y-. The summed E-state index contributed by atoms with van der Waals surface area (Å²) in [6, 6.07) is 0. The second kappa shape index (κ2) is 12.5. The van der Waals surface area contributed by atoms with Crippen LogP contribution in [-0.4, -0.2) is 49.7 Å². The van der Waals surface area contributed by atoms with E-state index >= 15 is 0 Å². The Bertz CT molecular complexity index is 629. The maximum Gasteiger partial charge on any atom is 0.162 e. The number of rotatable bonds is 9. The van der Waals surface area contributed by atoms with Crippen molar-refractivity contribution in [3.63, 3.8) is 0 Å². The Labute approximate surface area is 213 Å². The summed E-state index contributed by atoms with van der Waals surface area (Å²) in [6.07, 6.45) is 13.0. The number of hydrogen-bond acceptors (Lipinski definition) is 5. The summed E-state index contributed by atoms with van der Waals surface area (Å²) in [6.45, 7) is 12.5. The minimum Gasteiger partial charge on any atom is -0.542 e. The third kappa shape index (κ3) is 7.55. The van der Waals surface area contributed by atoms with Gasteiger partial charge in [0.25, 0.3) is 0 Å². The molecular weight excluding hydrogens is 469 g/mol. The molecule has 3 aliphatic rings. The molecule has 3 aliphatic heterocycles. The van der Waals surface area contributed by atoms with Gasteiger partial charge >= 0.3 is 0 Å².